The Morgan fingerprint density at radius 2 is 1.82 bits per heavy atom. The number of benzene rings is 1. The molecule has 0 fully saturated rings. The summed E-state index contributed by atoms with van der Waals surface area (Å²) in [4.78, 5) is 0. The summed E-state index contributed by atoms with van der Waals surface area (Å²) in [5, 5.41) is 0.546. The fourth-order valence-corrected chi connectivity index (χ4v) is 1.96. The number of nitrogens with zero attached hydrogens (tertiary/aromatic N) is 1. The van der Waals surface area contributed by atoms with Crippen molar-refractivity contribution in [2.75, 3.05) is 5.43 Å². The van der Waals surface area contributed by atoms with E-state index in [0.29, 0.717) is 17.1 Å². The molecule has 2 aromatic rings. The van der Waals surface area contributed by atoms with Gasteiger partial charge >= 0.3 is 0 Å². The zero-order valence-electron chi connectivity index (χ0n) is 9.80. The first-order chi connectivity index (χ1) is 8.08. The third kappa shape index (κ3) is 2.61. The minimum atomic E-state index is -0.246. The van der Waals surface area contributed by atoms with E-state index in [9.17, 15) is 4.39 Å². The maximum atomic E-state index is 13.5. The number of hydrogen-bond acceptors (Lipinski definition) is 1. The van der Waals surface area contributed by atoms with Crippen LogP contribution in [0.15, 0.2) is 30.3 Å². The Kier molecular flexibility index (Phi) is 3.38. The number of nitrogens with one attached hydrogen (secondary N) is 1. The number of rotatable bonds is 3. The maximum Gasteiger partial charge on any atom is 0.128 e. The van der Waals surface area contributed by atoms with E-state index in [-0.39, 0.29) is 5.82 Å². The Bertz CT molecular complexity index is 515. The Balaban J connectivity index is 2.15. The number of aromatic nitrogens is 1. The molecule has 0 spiro atoms. The van der Waals surface area contributed by atoms with Crippen LogP contribution in [0.2, 0.25) is 5.02 Å². The van der Waals surface area contributed by atoms with Gasteiger partial charge in [-0.25, -0.2) is 4.39 Å². The van der Waals surface area contributed by atoms with Crippen LogP contribution in [0.1, 0.15) is 17.0 Å². The van der Waals surface area contributed by atoms with Crippen LogP contribution in [0.25, 0.3) is 0 Å². The van der Waals surface area contributed by atoms with Crippen LogP contribution >= 0.6 is 11.6 Å². The van der Waals surface area contributed by atoms with Crippen molar-refractivity contribution in [2.45, 2.75) is 20.4 Å². The predicted octanol–water partition coefficient (Wildman–Crippen LogP) is 3.64. The van der Waals surface area contributed by atoms with E-state index in [0.717, 1.165) is 11.4 Å². The summed E-state index contributed by atoms with van der Waals surface area (Å²) < 4.78 is 15.4. The first kappa shape index (κ1) is 12.0. The standard InChI is InChI=1S/C13H14ClFN2/c1-9-3-4-10(2)17(9)16-8-11-7-12(14)5-6-13(11)15/h3-7,16H,8H2,1-2H3. The second-order valence-electron chi connectivity index (χ2n) is 4.02. The zero-order valence-corrected chi connectivity index (χ0v) is 10.6. The highest BCUT2D eigenvalue weighted by molar-refractivity contribution is 6.30. The molecule has 2 nitrogen and oxygen atoms in total. The molecule has 0 radical (unpaired) electrons. The lowest BCUT2D eigenvalue weighted by atomic mass is 10.2. The van der Waals surface area contributed by atoms with Gasteiger partial charge < -0.3 is 5.43 Å². The van der Waals surface area contributed by atoms with Gasteiger partial charge in [-0.2, -0.15) is 0 Å². The summed E-state index contributed by atoms with van der Waals surface area (Å²) in [7, 11) is 0. The molecule has 17 heavy (non-hydrogen) atoms. The monoisotopic (exact) mass is 252 g/mol. The van der Waals surface area contributed by atoms with Crippen LogP contribution in [-0.2, 0) is 6.54 Å². The summed E-state index contributed by atoms with van der Waals surface area (Å²) in [6.07, 6.45) is 0. The highest BCUT2D eigenvalue weighted by atomic mass is 35.5. The SMILES string of the molecule is Cc1ccc(C)n1NCc1cc(Cl)ccc1F. The average molecular weight is 253 g/mol. The molecule has 1 aromatic heterocycles. The van der Waals surface area contributed by atoms with Crippen molar-refractivity contribution >= 4 is 11.6 Å². The quantitative estimate of drug-likeness (QED) is 0.883. The maximum absolute atomic E-state index is 13.5. The normalized spacial score (nSPS) is 10.6. The second-order valence-corrected chi connectivity index (χ2v) is 4.46. The van der Waals surface area contributed by atoms with Crippen LogP contribution < -0.4 is 5.43 Å². The largest absolute Gasteiger partial charge is 0.321 e. The van der Waals surface area contributed by atoms with E-state index < -0.39 is 0 Å². The summed E-state index contributed by atoms with van der Waals surface area (Å²) in [5.74, 6) is -0.246. The zero-order chi connectivity index (χ0) is 12.4. The molecule has 0 unspecified atom stereocenters. The van der Waals surface area contributed by atoms with Crippen molar-refractivity contribution < 1.29 is 4.39 Å². The molecular formula is C13H14ClFN2. The highest BCUT2D eigenvalue weighted by Gasteiger charge is 2.04. The number of aryl methyl sites for hydroxylation is 2. The molecule has 0 bridgehead atoms. The van der Waals surface area contributed by atoms with Crippen molar-refractivity contribution in [2.24, 2.45) is 0 Å². The lowest BCUT2D eigenvalue weighted by Gasteiger charge is -2.13. The summed E-state index contributed by atoms with van der Waals surface area (Å²) in [6.45, 7) is 4.39. The summed E-state index contributed by atoms with van der Waals surface area (Å²) in [5.41, 5.74) is 5.90. The smallest absolute Gasteiger partial charge is 0.128 e. The Morgan fingerprint density at radius 1 is 1.18 bits per heavy atom. The molecule has 2 rings (SSSR count). The minimum absolute atomic E-state index is 0.246. The van der Waals surface area contributed by atoms with E-state index in [2.05, 4.69) is 5.43 Å². The molecule has 0 atom stereocenters. The molecule has 0 saturated carbocycles. The molecular weight excluding hydrogens is 239 g/mol. The van der Waals surface area contributed by atoms with Crippen LogP contribution in [-0.4, -0.2) is 4.68 Å². The predicted molar refractivity (Wildman–Crippen MR) is 68.4 cm³/mol. The lowest BCUT2D eigenvalue weighted by Crippen LogP contribution is -2.17. The lowest BCUT2D eigenvalue weighted by molar-refractivity contribution is 0.607. The van der Waals surface area contributed by atoms with Crippen molar-refractivity contribution in [1.82, 2.24) is 4.68 Å². The van der Waals surface area contributed by atoms with E-state index in [1.54, 1.807) is 12.1 Å². The van der Waals surface area contributed by atoms with Gasteiger partial charge in [0.2, 0.25) is 0 Å². The third-order valence-electron chi connectivity index (χ3n) is 2.71. The van der Waals surface area contributed by atoms with Gasteiger partial charge in [0.05, 0.1) is 6.54 Å². The second kappa shape index (κ2) is 4.80. The molecule has 1 N–H and O–H groups in total. The third-order valence-corrected chi connectivity index (χ3v) is 2.94. The fraction of sp³-hybridized carbons (Fsp3) is 0.231. The van der Waals surface area contributed by atoms with Crippen LogP contribution in [0.3, 0.4) is 0 Å². The fourth-order valence-electron chi connectivity index (χ4n) is 1.76. The van der Waals surface area contributed by atoms with Crippen molar-refractivity contribution in [3.63, 3.8) is 0 Å². The molecule has 0 aliphatic carbocycles. The first-order valence-corrected chi connectivity index (χ1v) is 5.78. The first-order valence-electron chi connectivity index (χ1n) is 5.40. The molecule has 90 valence electrons. The molecule has 0 aliphatic heterocycles. The molecule has 1 aromatic carbocycles. The highest BCUT2D eigenvalue weighted by Crippen LogP contribution is 2.15. The van der Waals surface area contributed by atoms with Crippen LogP contribution in [0.4, 0.5) is 4.39 Å². The van der Waals surface area contributed by atoms with Crippen molar-refractivity contribution in [1.29, 1.82) is 0 Å². The van der Waals surface area contributed by atoms with E-state index in [4.69, 9.17) is 11.6 Å². The van der Waals surface area contributed by atoms with Crippen LogP contribution in [0, 0.1) is 19.7 Å². The van der Waals surface area contributed by atoms with Crippen LogP contribution in [0.5, 0.6) is 0 Å². The summed E-state index contributed by atoms with van der Waals surface area (Å²) >= 11 is 5.84. The van der Waals surface area contributed by atoms with Crippen molar-refractivity contribution in [3.8, 4) is 0 Å². The Labute approximate surface area is 105 Å². The average Bonchev–Trinajstić information content (AvgIpc) is 2.61. The molecule has 0 aliphatic rings. The van der Waals surface area contributed by atoms with Gasteiger partial charge in [0.25, 0.3) is 0 Å². The number of halogens is 2. The van der Waals surface area contributed by atoms with Gasteiger partial charge in [0, 0.05) is 22.0 Å². The van der Waals surface area contributed by atoms with Gasteiger partial charge in [-0.3, -0.25) is 4.68 Å². The van der Waals surface area contributed by atoms with Gasteiger partial charge in [0.1, 0.15) is 5.82 Å². The van der Waals surface area contributed by atoms with Gasteiger partial charge in [-0.1, -0.05) is 11.6 Å². The van der Waals surface area contributed by atoms with Crippen molar-refractivity contribution in [3.05, 3.63) is 58.1 Å². The molecule has 0 amide bonds. The molecule has 4 heteroatoms. The topological polar surface area (TPSA) is 17.0 Å². The van der Waals surface area contributed by atoms with E-state index in [1.807, 2.05) is 30.7 Å². The molecule has 0 saturated heterocycles. The van der Waals surface area contributed by atoms with Gasteiger partial charge in [0.15, 0.2) is 0 Å². The number of hydrogen-bond donors (Lipinski definition) is 1. The van der Waals surface area contributed by atoms with Gasteiger partial charge in [-0.05, 0) is 44.2 Å². The minimum Gasteiger partial charge on any atom is -0.321 e. The van der Waals surface area contributed by atoms with E-state index >= 15 is 0 Å². The molecule has 1 heterocycles. The Hall–Kier alpha value is -1.48. The summed E-state index contributed by atoms with van der Waals surface area (Å²) in [6, 6.07) is 8.59. The van der Waals surface area contributed by atoms with Gasteiger partial charge in [-0.15, -0.1) is 0 Å². The van der Waals surface area contributed by atoms with E-state index in [1.165, 1.54) is 6.07 Å². The Morgan fingerprint density at radius 3 is 2.47 bits per heavy atom.